The third-order valence-electron chi connectivity index (χ3n) is 4.43. The molecule has 114 valence electrons. The van der Waals surface area contributed by atoms with Crippen LogP contribution >= 0.6 is 0 Å². The van der Waals surface area contributed by atoms with Crippen molar-refractivity contribution in [2.45, 2.75) is 64.2 Å². The van der Waals surface area contributed by atoms with Crippen LogP contribution in [0.3, 0.4) is 0 Å². The summed E-state index contributed by atoms with van der Waals surface area (Å²) in [6.07, 6.45) is 2.01. The van der Waals surface area contributed by atoms with E-state index in [9.17, 15) is 13.2 Å². The first-order valence-corrected chi connectivity index (χ1v) is 7.33. The molecule has 0 heterocycles. The van der Waals surface area contributed by atoms with Crippen LogP contribution in [0.2, 0.25) is 0 Å². The molecular formula is C14H27F3N2. The van der Waals surface area contributed by atoms with Gasteiger partial charge in [-0.1, -0.05) is 13.3 Å². The van der Waals surface area contributed by atoms with Crippen molar-refractivity contribution in [3.63, 3.8) is 0 Å². The van der Waals surface area contributed by atoms with Gasteiger partial charge in [-0.15, -0.1) is 0 Å². The van der Waals surface area contributed by atoms with Crippen molar-refractivity contribution in [2.24, 2.45) is 5.92 Å². The molecule has 1 rings (SSSR count). The maximum atomic E-state index is 12.1. The Morgan fingerprint density at radius 1 is 1.21 bits per heavy atom. The normalized spacial score (nSPS) is 26.7. The van der Waals surface area contributed by atoms with Gasteiger partial charge in [-0.05, 0) is 45.6 Å². The molecule has 0 bridgehead atoms. The van der Waals surface area contributed by atoms with Gasteiger partial charge in [0.25, 0.3) is 0 Å². The van der Waals surface area contributed by atoms with Gasteiger partial charge in [0.1, 0.15) is 0 Å². The summed E-state index contributed by atoms with van der Waals surface area (Å²) in [4.78, 5) is 2.25. The molecule has 1 fully saturated rings. The maximum Gasteiger partial charge on any atom is 0.401 e. The predicted molar refractivity (Wildman–Crippen MR) is 72.2 cm³/mol. The van der Waals surface area contributed by atoms with Crippen LogP contribution in [0.1, 0.15) is 46.0 Å². The Labute approximate surface area is 114 Å². The summed E-state index contributed by atoms with van der Waals surface area (Å²) in [5.41, 5.74) is 0. The average molecular weight is 280 g/mol. The number of nitrogens with one attached hydrogen (secondary N) is 1. The molecule has 2 nitrogen and oxygen atoms in total. The van der Waals surface area contributed by atoms with Gasteiger partial charge in [0, 0.05) is 18.6 Å². The van der Waals surface area contributed by atoms with Crippen LogP contribution in [0.15, 0.2) is 0 Å². The van der Waals surface area contributed by atoms with Crippen molar-refractivity contribution < 1.29 is 13.2 Å². The number of halogens is 3. The van der Waals surface area contributed by atoms with Gasteiger partial charge in [-0.2, -0.15) is 13.2 Å². The number of hydrogen-bond acceptors (Lipinski definition) is 2. The standard InChI is InChI=1S/C14H27F3N2/c1-4-12-5-7-13(8-6-12)19(3)11(2)9-18-10-14(15,16)17/h11-13,18H,4-10H2,1-3H3. The molecule has 0 amide bonds. The lowest BCUT2D eigenvalue weighted by Crippen LogP contribution is -2.46. The first-order chi connectivity index (χ1) is 8.83. The fraction of sp³-hybridized carbons (Fsp3) is 1.00. The number of nitrogens with zero attached hydrogens (tertiary/aromatic N) is 1. The molecule has 0 aromatic carbocycles. The Kier molecular flexibility index (Phi) is 6.60. The number of rotatable bonds is 6. The van der Waals surface area contributed by atoms with E-state index >= 15 is 0 Å². The largest absolute Gasteiger partial charge is 0.401 e. The zero-order chi connectivity index (χ0) is 14.5. The van der Waals surface area contributed by atoms with Crippen LogP contribution in [0.25, 0.3) is 0 Å². The molecule has 1 unspecified atom stereocenters. The van der Waals surface area contributed by atoms with Gasteiger partial charge < -0.3 is 5.32 Å². The Morgan fingerprint density at radius 2 is 1.79 bits per heavy atom. The van der Waals surface area contributed by atoms with Gasteiger partial charge in [-0.3, -0.25) is 4.90 Å². The molecule has 1 aliphatic rings. The van der Waals surface area contributed by atoms with Crippen LogP contribution in [0.4, 0.5) is 13.2 Å². The van der Waals surface area contributed by atoms with Crippen molar-refractivity contribution >= 4 is 0 Å². The molecule has 0 spiro atoms. The SMILES string of the molecule is CCC1CCC(N(C)C(C)CNCC(F)(F)F)CC1. The fourth-order valence-electron chi connectivity index (χ4n) is 2.89. The van der Waals surface area contributed by atoms with Crippen molar-refractivity contribution in [3.8, 4) is 0 Å². The molecule has 1 atom stereocenters. The molecule has 1 saturated carbocycles. The predicted octanol–water partition coefficient (Wildman–Crippen LogP) is 3.43. The molecule has 0 saturated heterocycles. The van der Waals surface area contributed by atoms with Gasteiger partial charge in [0.2, 0.25) is 0 Å². The van der Waals surface area contributed by atoms with Crippen LogP contribution in [0.5, 0.6) is 0 Å². The lowest BCUT2D eigenvalue weighted by Gasteiger charge is -2.38. The molecule has 5 heteroatoms. The summed E-state index contributed by atoms with van der Waals surface area (Å²) in [6.45, 7) is 3.73. The van der Waals surface area contributed by atoms with Gasteiger partial charge in [0.05, 0.1) is 6.54 Å². The Bertz CT molecular complexity index is 248. The summed E-state index contributed by atoms with van der Waals surface area (Å²) in [5, 5.41) is 2.50. The summed E-state index contributed by atoms with van der Waals surface area (Å²) >= 11 is 0. The summed E-state index contributed by atoms with van der Waals surface area (Å²) in [5.74, 6) is 0.850. The summed E-state index contributed by atoms with van der Waals surface area (Å²) < 4.78 is 36.2. The van der Waals surface area contributed by atoms with E-state index in [2.05, 4.69) is 17.1 Å². The first-order valence-electron chi connectivity index (χ1n) is 7.33. The van der Waals surface area contributed by atoms with Crippen LogP contribution < -0.4 is 5.32 Å². The highest BCUT2D eigenvalue weighted by Gasteiger charge is 2.28. The highest BCUT2D eigenvalue weighted by atomic mass is 19.4. The smallest absolute Gasteiger partial charge is 0.307 e. The van der Waals surface area contributed by atoms with Crippen molar-refractivity contribution in [1.82, 2.24) is 10.2 Å². The molecule has 0 aliphatic heterocycles. The lowest BCUT2D eigenvalue weighted by atomic mass is 9.84. The van der Waals surface area contributed by atoms with E-state index in [4.69, 9.17) is 0 Å². The zero-order valence-electron chi connectivity index (χ0n) is 12.3. The van der Waals surface area contributed by atoms with E-state index < -0.39 is 12.7 Å². The molecule has 19 heavy (non-hydrogen) atoms. The minimum Gasteiger partial charge on any atom is -0.307 e. The molecule has 1 aliphatic carbocycles. The van der Waals surface area contributed by atoms with Crippen molar-refractivity contribution in [1.29, 1.82) is 0 Å². The van der Waals surface area contributed by atoms with Crippen molar-refractivity contribution in [2.75, 3.05) is 20.1 Å². The molecule has 0 aromatic rings. The van der Waals surface area contributed by atoms with Crippen molar-refractivity contribution in [3.05, 3.63) is 0 Å². The molecular weight excluding hydrogens is 253 g/mol. The quantitative estimate of drug-likeness (QED) is 0.802. The molecule has 0 aromatic heterocycles. The number of likely N-dealkylation sites (N-methyl/N-ethyl adjacent to an activating group) is 1. The highest BCUT2D eigenvalue weighted by molar-refractivity contribution is 4.81. The van der Waals surface area contributed by atoms with E-state index in [1.807, 2.05) is 14.0 Å². The third-order valence-corrected chi connectivity index (χ3v) is 4.43. The average Bonchev–Trinajstić information content (AvgIpc) is 2.36. The van der Waals surface area contributed by atoms with Gasteiger partial charge >= 0.3 is 6.18 Å². The topological polar surface area (TPSA) is 15.3 Å². The first kappa shape index (κ1) is 16.8. The second-order valence-electron chi connectivity index (χ2n) is 5.84. The van der Waals surface area contributed by atoms with Gasteiger partial charge in [-0.25, -0.2) is 0 Å². The maximum absolute atomic E-state index is 12.1. The van der Waals surface area contributed by atoms with E-state index in [1.54, 1.807) is 0 Å². The highest BCUT2D eigenvalue weighted by Crippen LogP contribution is 2.29. The second kappa shape index (κ2) is 7.48. The van der Waals surface area contributed by atoms with E-state index in [-0.39, 0.29) is 6.04 Å². The monoisotopic (exact) mass is 280 g/mol. The minimum absolute atomic E-state index is 0.144. The summed E-state index contributed by atoms with van der Waals surface area (Å²) in [7, 11) is 2.04. The third kappa shape index (κ3) is 6.13. The number of alkyl halides is 3. The fourth-order valence-corrected chi connectivity index (χ4v) is 2.89. The second-order valence-corrected chi connectivity index (χ2v) is 5.84. The number of hydrogen-bond donors (Lipinski definition) is 1. The lowest BCUT2D eigenvalue weighted by molar-refractivity contribution is -0.125. The van der Waals surface area contributed by atoms with Crippen LogP contribution in [0, 0.1) is 5.92 Å². The van der Waals surface area contributed by atoms with E-state index in [1.165, 1.54) is 32.1 Å². The van der Waals surface area contributed by atoms with Gasteiger partial charge in [0.15, 0.2) is 0 Å². The minimum atomic E-state index is -4.11. The molecule has 0 radical (unpaired) electrons. The Morgan fingerprint density at radius 3 is 2.26 bits per heavy atom. The van der Waals surface area contributed by atoms with E-state index in [0.717, 1.165) is 5.92 Å². The Hall–Kier alpha value is -0.290. The zero-order valence-corrected chi connectivity index (χ0v) is 12.3. The van der Waals surface area contributed by atoms with E-state index in [0.29, 0.717) is 12.6 Å². The molecule has 1 N–H and O–H groups in total. The summed E-state index contributed by atoms with van der Waals surface area (Å²) in [6, 6.07) is 0.677. The van der Waals surface area contributed by atoms with Crippen LogP contribution in [-0.4, -0.2) is 43.3 Å². The Balaban J connectivity index is 2.26. The van der Waals surface area contributed by atoms with Crippen LogP contribution in [-0.2, 0) is 0 Å².